The third-order valence-corrected chi connectivity index (χ3v) is 7.34. The predicted octanol–water partition coefficient (Wildman–Crippen LogP) is 2.63. The Morgan fingerprint density at radius 3 is 2.62 bits per heavy atom. The summed E-state index contributed by atoms with van der Waals surface area (Å²) in [6.07, 6.45) is 0.430. The maximum Gasteiger partial charge on any atom is 0.316 e. The predicted molar refractivity (Wildman–Crippen MR) is 126 cm³/mol. The molecule has 13 heteroatoms. The number of esters is 2. The Hall–Kier alpha value is -2.02. The summed E-state index contributed by atoms with van der Waals surface area (Å²) in [6.45, 7) is 2.73. The first kappa shape index (κ1) is 25.1. The molecule has 4 rings (SSSR count). The van der Waals surface area contributed by atoms with Gasteiger partial charge >= 0.3 is 11.9 Å². The fourth-order valence-electron chi connectivity index (χ4n) is 3.87. The van der Waals surface area contributed by atoms with Crippen molar-refractivity contribution in [3.05, 3.63) is 23.0 Å². The third-order valence-electron chi connectivity index (χ3n) is 5.44. The lowest BCUT2D eigenvalue weighted by Crippen LogP contribution is -2.45. The van der Waals surface area contributed by atoms with Crippen LogP contribution in [0.1, 0.15) is 19.8 Å². The molecule has 0 saturated carbocycles. The van der Waals surface area contributed by atoms with E-state index in [1.807, 2.05) is 0 Å². The molecule has 3 unspecified atom stereocenters. The summed E-state index contributed by atoms with van der Waals surface area (Å²) in [5.41, 5.74) is -0.00587. The first-order chi connectivity index (χ1) is 16.2. The van der Waals surface area contributed by atoms with Gasteiger partial charge in [0.1, 0.15) is 22.6 Å². The molecule has 3 fully saturated rings. The van der Waals surface area contributed by atoms with Crippen LogP contribution in [0.2, 0.25) is 5.02 Å². The molecule has 1 amide bonds. The maximum absolute atomic E-state index is 14.7. The zero-order valence-electron chi connectivity index (χ0n) is 18.2. The van der Waals surface area contributed by atoms with Gasteiger partial charge in [-0.05, 0) is 25.0 Å². The molecular weight excluding hydrogens is 509 g/mol. The molecule has 1 aromatic carbocycles. The van der Waals surface area contributed by atoms with Crippen LogP contribution in [0.25, 0.3) is 0 Å². The summed E-state index contributed by atoms with van der Waals surface area (Å²) in [4.78, 5) is 40.8. The Bertz CT molecular complexity index is 1030. The van der Waals surface area contributed by atoms with Crippen LogP contribution in [-0.2, 0) is 28.6 Å². The number of rotatable bonds is 6. The second-order valence-electron chi connectivity index (χ2n) is 7.90. The second-order valence-corrected chi connectivity index (χ2v) is 9.84. The van der Waals surface area contributed by atoms with Crippen LogP contribution < -0.4 is 0 Å². The number of hydrazine groups is 1. The Kier molecular flexibility index (Phi) is 7.90. The number of aliphatic imine (C=N–C) groups is 1. The number of hydrogen-bond acceptors (Lipinski definition) is 9. The number of thiol groups is 1. The van der Waals surface area contributed by atoms with Gasteiger partial charge in [0.2, 0.25) is 0 Å². The topological polar surface area (TPSA) is 97.7 Å². The molecular formula is C21H23ClFN3O6S2. The van der Waals surface area contributed by atoms with Gasteiger partial charge in [0.15, 0.2) is 12.2 Å². The summed E-state index contributed by atoms with van der Waals surface area (Å²) in [5.74, 6) is -1.64. The molecule has 9 nitrogen and oxygen atoms in total. The largest absolute Gasteiger partial charge is 0.456 e. The molecule has 3 saturated heterocycles. The van der Waals surface area contributed by atoms with Crippen molar-refractivity contribution in [1.29, 1.82) is 0 Å². The van der Waals surface area contributed by atoms with E-state index in [9.17, 15) is 18.8 Å². The number of nitrogens with zero attached hydrogens (tertiary/aromatic N) is 3. The van der Waals surface area contributed by atoms with Crippen molar-refractivity contribution in [2.75, 3.05) is 32.1 Å². The highest BCUT2D eigenvalue weighted by atomic mass is 35.5. The van der Waals surface area contributed by atoms with Gasteiger partial charge in [0.05, 0.1) is 24.0 Å². The standard InChI is InChI=1S/C21H23ClFN3O6S2/c1-11(27)31-15-8-30-9-16(15)32-18(28)10-34-17-7-14(13(23)6-12(17)22)24-20-19(33)21(29)26-5-3-2-4-25(20)26/h6-7,15-16,19,33H,2-5,8-10H2,1H3. The summed E-state index contributed by atoms with van der Waals surface area (Å²) in [7, 11) is 0. The SMILES string of the molecule is CC(=O)OC1COCC1OC(=O)CSc1cc(N=C2C(S)C(=O)N3CCCCN23)c(F)cc1Cl. The zero-order chi connectivity index (χ0) is 24.4. The summed E-state index contributed by atoms with van der Waals surface area (Å²) in [5, 5.41) is 2.67. The van der Waals surface area contributed by atoms with Crippen molar-refractivity contribution < 1.29 is 33.0 Å². The monoisotopic (exact) mass is 531 g/mol. The number of benzene rings is 1. The number of thioether (sulfide) groups is 1. The number of amidine groups is 1. The first-order valence-electron chi connectivity index (χ1n) is 10.7. The van der Waals surface area contributed by atoms with Gasteiger partial charge in [-0.25, -0.2) is 9.38 Å². The average molecular weight is 532 g/mol. The van der Waals surface area contributed by atoms with E-state index in [1.54, 1.807) is 10.0 Å². The van der Waals surface area contributed by atoms with Gasteiger partial charge in [0.25, 0.3) is 5.91 Å². The van der Waals surface area contributed by atoms with Crippen LogP contribution in [-0.4, -0.2) is 83.2 Å². The Labute approximate surface area is 210 Å². The molecule has 0 bridgehead atoms. The number of amides is 1. The first-order valence-corrected chi connectivity index (χ1v) is 12.5. The molecule has 3 aliphatic heterocycles. The van der Waals surface area contributed by atoms with E-state index in [2.05, 4.69) is 17.6 Å². The molecule has 3 heterocycles. The van der Waals surface area contributed by atoms with Gasteiger partial charge in [-0.1, -0.05) is 11.6 Å². The van der Waals surface area contributed by atoms with E-state index < -0.39 is 35.2 Å². The van der Waals surface area contributed by atoms with E-state index in [0.717, 1.165) is 30.7 Å². The highest BCUT2D eigenvalue weighted by Gasteiger charge is 2.42. The van der Waals surface area contributed by atoms with Gasteiger partial charge in [0, 0.05) is 24.9 Å². The van der Waals surface area contributed by atoms with Crippen molar-refractivity contribution in [1.82, 2.24) is 10.0 Å². The van der Waals surface area contributed by atoms with E-state index in [-0.39, 0.29) is 35.6 Å². The summed E-state index contributed by atoms with van der Waals surface area (Å²) >= 11 is 11.6. The van der Waals surface area contributed by atoms with Crippen molar-refractivity contribution in [3.8, 4) is 0 Å². The van der Waals surface area contributed by atoms with Gasteiger partial charge < -0.3 is 14.2 Å². The lowest BCUT2D eigenvalue weighted by atomic mass is 10.2. The fraction of sp³-hybridized carbons (Fsp3) is 0.524. The molecule has 34 heavy (non-hydrogen) atoms. The van der Waals surface area contributed by atoms with Gasteiger partial charge in [-0.15, -0.1) is 11.8 Å². The van der Waals surface area contributed by atoms with Crippen LogP contribution in [0.15, 0.2) is 22.0 Å². The van der Waals surface area contributed by atoms with Crippen LogP contribution in [0.3, 0.4) is 0 Å². The van der Waals surface area contributed by atoms with Crippen molar-refractivity contribution in [2.24, 2.45) is 4.99 Å². The molecule has 0 aliphatic carbocycles. The molecule has 0 spiro atoms. The minimum atomic E-state index is -0.780. The summed E-state index contributed by atoms with van der Waals surface area (Å²) in [6, 6.07) is 2.55. The molecule has 0 N–H and O–H groups in total. The molecule has 184 valence electrons. The van der Waals surface area contributed by atoms with E-state index in [0.29, 0.717) is 23.8 Å². The van der Waals surface area contributed by atoms with Gasteiger partial charge in [-0.2, -0.15) is 12.6 Å². The highest BCUT2D eigenvalue weighted by Crippen LogP contribution is 2.35. The van der Waals surface area contributed by atoms with E-state index in [4.69, 9.17) is 25.8 Å². The lowest BCUT2D eigenvalue weighted by Gasteiger charge is -2.33. The second kappa shape index (κ2) is 10.7. The number of halogens is 2. The minimum absolute atomic E-state index is 0.00587. The number of ether oxygens (including phenoxy) is 3. The molecule has 3 atom stereocenters. The number of fused-ring (bicyclic) bond motifs is 1. The lowest BCUT2D eigenvalue weighted by molar-refractivity contribution is -0.160. The van der Waals surface area contributed by atoms with Crippen LogP contribution in [0.5, 0.6) is 0 Å². The van der Waals surface area contributed by atoms with Gasteiger partial charge in [-0.3, -0.25) is 24.4 Å². The Morgan fingerprint density at radius 2 is 1.91 bits per heavy atom. The molecule has 0 radical (unpaired) electrons. The average Bonchev–Trinajstić information content (AvgIpc) is 3.31. The van der Waals surface area contributed by atoms with Crippen LogP contribution >= 0.6 is 36.0 Å². The number of carbonyl (C=O) groups is 3. The van der Waals surface area contributed by atoms with Crippen LogP contribution in [0, 0.1) is 5.82 Å². The van der Waals surface area contributed by atoms with Crippen LogP contribution in [0.4, 0.5) is 10.1 Å². The van der Waals surface area contributed by atoms with Crippen molar-refractivity contribution in [3.63, 3.8) is 0 Å². The van der Waals surface area contributed by atoms with Crippen molar-refractivity contribution in [2.45, 2.75) is 42.1 Å². The normalized spacial score (nSPS) is 25.6. The molecule has 3 aliphatic rings. The van der Waals surface area contributed by atoms with E-state index >= 15 is 0 Å². The van der Waals surface area contributed by atoms with Crippen molar-refractivity contribution >= 4 is 65.4 Å². The quantitative estimate of drug-likeness (QED) is 0.340. The Balaban J connectivity index is 1.45. The Morgan fingerprint density at radius 1 is 1.24 bits per heavy atom. The molecule has 0 aromatic heterocycles. The smallest absolute Gasteiger partial charge is 0.316 e. The number of hydrogen-bond donors (Lipinski definition) is 1. The minimum Gasteiger partial charge on any atom is -0.456 e. The fourth-order valence-corrected chi connectivity index (χ4v) is 5.24. The highest BCUT2D eigenvalue weighted by molar-refractivity contribution is 8.00. The zero-order valence-corrected chi connectivity index (χ0v) is 20.7. The third kappa shape index (κ3) is 5.45. The van der Waals surface area contributed by atoms with E-state index in [1.165, 1.54) is 13.0 Å². The maximum atomic E-state index is 14.7. The molecule has 1 aromatic rings. The number of carbonyl (C=O) groups excluding carboxylic acids is 3. The summed E-state index contributed by atoms with van der Waals surface area (Å²) < 4.78 is 30.3.